The van der Waals surface area contributed by atoms with Gasteiger partial charge < -0.3 is 20.5 Å². The molecule has 0 fully saturated rings. The molecule has 0 aliphatic rings. The molecule has 0 bridgehead atoms. The minimum absolute atomic E-state index is 0.0224. The molecule has 0 aliphatic carbocycles. The molecule has 0 spiro atoms. The molecule has 0 aromatic heterocycles. The van der Waals surface area contributed by atoms with Crippen molar-refractivity contribution in [2.75, 3.05) is 18.3 Å². The Morgan fingerprint density at radius 3 is 2.00 bits per heavy atom. The third-order valence-corrected chi connectivity index (χ3v) is 5.50. The van der Waals surface area contributed by atoms with Gasteiger partial charge in [-0.2, -0.15) is 0 Å². The number of carboxylic acids is 1. The zero-order chi connectivity index (χ0) is 24.2. The maximum absolute atomic E-state index is 12.9. The number of alkyl carbamates (subject to hydrolysis) is 1. The molecule has 2 aromatic carbocycles. The fraction of sp³-hybridized carbons (Fsp3) is 0.333. The van der Waals surface area contributed by atoms with E-state index in [4.69, 9.17) is 4.74 Å². The number of carbonyl (C=O) groups excluding carboxylic acids is 3. The molecule has 176 valence electrons. The second kappa shape index (κ2) is 13.3. The Balaban J connectivity index is 2.07. The second-order valence-corrected chi connectivity index (χ2v) is 9.98. The molecule has 2 rings (SSSR count). The molecule has 0 radical (unpaired) electrons. The Bertz CT molecular complexity index is 936. The first-order valence-corrected chi connectivity index (χ1v) is 12.6. The summed E-state index contributed by atoms with van der Waals surface area (Å²) in [6, 6.07) is 15.6. The van der Waals surface area contributed by atoms with Gasteiger partial charge in [0.25, 0.3) is 0 Å². The predicted molar refractivity (Wildman–Crippen MR) is 127 cm³/mol. The van der Waals surface area contributed by atoms with Gasteiger partial charge in [0.2, 0.25) is 5.91 Å². The van der Waals surface area contributed by atoms with Gasteiger partial charge in [0, 0.05) is 12.8 Å². The van der Waals surface area contributed by atoms with Crippen molar-refractivity contribution in [2.45, 2.75) is 31.5 Å². The number of hydrogen-bond donors (Lipinski definition) is 3. The molecule has 0 unspecified atom stereocenters. The fourth-order valence-electron chi connectivity index (χ4n) is 3.05. The summed E-state index contributed by atoms with van der Waals surface area (Å²) >= 11 is 0. The molecular weight excluding hydrogens is 444 g/mol. The number of carbonyl (C=O) groups is 4. The quantitative estimate of drug-likeness (QED) is 0.405. The normalized spacial score (nSPS) is 12.5. The number of aliphatic carboxylic acids is 1. The fourth-order valence-corrected chi connectivity index (χ4v) is 3.81. The lowest BCUT2D eigenvalue weighted by Crippen LogP contribution is -2.53. The molecule has 0 aliphatic heterocycles. The standard InChI is InChI=1S/C24H28N2O6S/c1-33(2)16-19(27)14-21(23(29)30)25-22(28)20(13-17-9-5-3-6-10-17)26-24(31)32-15-18-11-7-4-8-12-18/h3-12,20-21H,13-16H2,1-2H3,(H2-,25,26,28,29,30,31)/p+1/t20-,21-/m0/s1. The van der Waals surface area contributed by atoms with Gasteiger partial charge in [-0.25, -0.2) is 9.59 Å². The number of benzene rings is 2. The zero-order valence-electron chi connectivity index (χ0n) is 18.7. The van der Waals surface area contributed by atoms with E-state index in [-0.39, 0.29) is 41.9 Å². The van der Waals surface area contributed by atoms with Crippen LogP contribution in [0.15, 0.2) is 60.7 Å². The second-order valence-electron chi connectivity index (χ2n) is 7.72. The van der Waals surface area contributed by atoms with Gasteiger partial charge in [-0.1, -0.05) is 60.7 Å². The first-order valence-electron chi connectivity index (χ1n) is 10.3. The number of carboxylic acid groups (broad SMARTS) is 1. The van der Waals surface area contributed by atoms with Crippen LogP contribution >= 0.6 is 0 Å². The summed E-state index contributed by atoms with van der Waals surface area (Å²) < 4.78 is 5.21. The molecular formula is C24H29N2O6S+. The number of hydrogen-bond acceptors (Lipinski definition) is 5. The van der Waals surface area contributed by atoms with Crippen LogP contribution in [-0.2, 0) is 43.0 Å². The highest BCUT2D eigenvalue weighted by atomic mass is 32.2. The lowest BCUT2D eigenvalue weighted by molar-refractivity contribution is -0.143. The lowest BCUT2D eigenvalue weighted by atomic mass is 10.0. The number of amides is 2. The molecule has 33 heavy (non-hydrogen) atoms. The van der Waals surface area contributed by atoms with E-state index in [1.165, 1.54) is 0 Å². The van der Waals surface area contributed by atoms with E-state index in [0.29, 0.717) is 0 Å². The Morgan fingerprint density at radius 1 is 0.879 bits per heavy atom. The summed E-state index contributed by atoms with van der Waals surface area (Å²) in [6.45, 7) is 0.0224. The van der Waals surface area contributed by atoms with E-state index < -0.39 is 30.1 Å². The Morgan fingerprint density at radius 2 is 1.45 bits per heavy atom. The third-order valence-electron chi connectivity index (χ3n) is 4.60. The number of Topliss-reactive ketones (excluding diaryl/α,β-unsaturated/α-hetero) is 1. The van der Waals surface area contributed by atoms with Crippen LogP contribution in [0.4, 0.5) is 4.79 Å². The van der Waals surface area contributed by atoms with Crippen LogP contribution < -0.4 is 10.6 Å². The van der Waals surface area contributed by atoms with Crippen LogP contribution in [0, 0.1) is 0 Å². The van der Waals surface area contributed by atoms with Crippen LogP contribution in [0.5, 0.6) is 0 Å². The number of ketones is 1. The Hall–Kier alpha value is -3.33. The molecule has 2 atom stereocenters. The lowest BCUT2D eigenvalue weighted by Gasteiger charge is -2.21. The first kappa shape index (κ1) is 25.9. The van der Waals surface area contributed by atoms with E-state index in [2.05, 4.69) is 10.6 Å². The van der Waals surface area contributed by atoms with Crippen LogP contribution in [0.2, 0.25) is 0 Å². The van der Waals surface area contributed by atoms with Crippen LogP contribution in [0.1, 0.15) is 17.5 Å². The highest BCUT2D eigenvalue weighted by molar-refractivity contribution is 7.96. The van der Waals surface area contributed by atoms with Gasteiger partial charge in [-0.05, 0) is 22.0 Å². The Labute approximate surface area is 196 Å². The van der Waals surface area contributed by atoms with Gasteiger partial charge in [-0.3, -0.25) is 9.59 Å². The van der Waals surface area contributed by atoms with E-state index in [1.54, 1.807) is 36.4 Å². The maximum Gasteiger partial charge on any atom is 0.408 e. The van der Waals surface area contributed by atoms with Gasteiger partial charge in [-0.15, -0.1) is 0 Å². The zero-order valence-corrected chi connectivity index (χ0v) is 19.5. The summed E-state index contributed by atoms with van der Waals surface area (Å²) in [5, 5.41) is 14.4. The van der Waals surface area contributed by atoms with Gasteiger partial charge in [0.15, 0.2) is 11.5 Å². The van der Waals surface area contributed by atoms with Crippen LogP contribution in [-0.4, -0.2) is 59.2 Å². The summed E-state index contributed by atoms with van der Waals surface area (Å²) in [6.07, 6.45) is 2.77. The van der Waals surface area contributed by atoms with Gasteiger partial charge in [0.1, 0.15) is 18.7 Å². The van der Waals surface area contributed by atoms with Crippen molar-refractivity contribution in [3.05, 3.63) is 71.8 Å². The summed E-state index contributed by atoms with van der Waals surface area (Å²) in [7, 11) is -0.178. The maximum atomic E-state index is 12.9. The number of nitrogens with one attached hydrogen (secondary N) is 2. The van der Waals surface area contributed by atoms with E-state index in [0.717, 1.165) is 11.1 Å². The SMILES string of the molecule is C[S+](C)CC(=O)C[C@H](NC(=O)[C@H](Cc1ccccc1)NC(=O)OCc1ccccc1)C(=O)O. The number of rotatable bonds is 12. The van der Waals surface area contributed by atoms with Crippen molar-refractivity contribution in [3.63, 3.8) is 0 Å². The van der Waals surface area contributed by atoms with Crippen molar-refractivity contribution in [1.82, 2.24) is 10.6 Å². The summed E-state index contributed by atoms with van der Waals surface area (Å²) in [5.74, 6) is -2.01. The van der Waals surface area contributed by atoms with Crippen molar-refractivity contribution in [3.8, 4) is 0 Å². The van der Waals surface area contributed by atoms with E-state index >= 15 is 0 Å². The van der Waals surface area contributed by atoms with E-state index in [1.807, 2.05) is 36.8 Å². The van der Waals surface area contributed by atoms with Crippen molar-refractivity contribution in [1.29, 1.82) is 0 Å². The minimum atomic E-state index is -1.38. The summed E-state index contributed by atoms with van der Waals surface area (Å²) in [4.78, 5) is 49.0. The molecule has 9 heteroatoms. The van der Waals surface area contributed by atoms with E-state index in [9.17, 15) is 24.3 Å². The van der Waals surface area contributed by atoms with Crippen molar-refractivity contribution in [2.24, 2.45) is 0 Å². The molecule has 0 saturated heterocycles. The largest absolute Gasteiger partial charge is 0.480 e. The number of ether oxygens (including phenoxy) is 1. The smallest absolute Gasteiger partial charge is 0.408 e. The molecule has 0 heterocycles. The van der Waals surface area contributed by atoms with Crippen molar-refractivity contribution < 1.29 is 29.0 Å². The average molecular weight is 474 g/mol. The Kier molecular flexibility index (Phi) is 10.4. The van der Waals surface area contributed by atoms with Crippen LogP contribution in [0.3, 0.4) is 0 Å². The first-order chi connectivity index (χ1) is 15.7. The summed E-state index contributed by atoms with van der Waals surface area (Å²) in [5.41, 5.74) is 1.55. The molecule has 0 saturated carbocycles. The van der Waals surface area contributed by atoms with Gasteiger partial charge >= 0.3 is 12.1 Å². The third kappa shape index (κ3) is 9.78. The molecule has 3 N–H and O–H groups in total. The van der Waals surface area contributed by atoms with Crippen LogP contribution in [0.25, 0.3) is 0 Å². The highest BCUT2D eigenvalue weighted by Gasteiger charge is 2.29. The van der Waals surface area contributed by atoms with Crippen molar-refractivity contribution >= 4 is 34.6 Å². The molecule has 2 aromatic rings. The monoisotopic (exact) mass is 473 g/mol. The van der Waals surface area contributed by atoms with Gasteiger partial charge in [0.05, 0.1) is 12.5 Å². The topological polar surface area (TPSA) is 122 Å². The molecule has 2 amide bonds. The minimum Gasteiger partial charge on any atom is -0.480 e. The average Bonchev–Trinajstić information content (AvgIpc) is 2.77. The predicted octanol–water partition coefficient (Wildman–Crippen LogP) is 1.93. The molecule has 8 nitrogen and oxygen atoms in total. The highest BCUT2D eigenvalue weighted by Crippen LogP contribution is 2.07.